The first-order valence-corrected chi connectivity index (χ1v) is 4.79. The predicted octanol–water partition coefficient (Wildman–Crippen LogP) is -1.55. The van der Waals surface area contributed by atoms with Gasteiger partial charge in [0, 0.05) is 5.38 Å². The summed E-state index contributed by atoms with van der Waals surface area (Å²) in [6.07, 6.45) is 5.35. The normalized spacial score (nSPS) is 13.4. The molecule has 0 bridgehead atoms. The number of halogens is 2. The van der Waals surface area contributed by atoms with E-state index in [1.165, 1.54) is 4.90 Å². The van der Waals surface area contributed by atoms with E-state index in [0.717, 1.165) is 19.5 Å². The molecular formula is C9H19Cl2N. The summed E-state index contributed by atoms with van der Waals surface area (Å²) in [5.41, 5.74) is 0. The van der Waals surface area contributed by atoms with Crippen LogP contribution in [-0.2, 0) is 0 Å². The Morgan fingerprint density at radius 2 is 1.83 bits per heavy atom. The van der Waals surface area contributed by atoms with Crippen molar-refractivity contribution < 1.29 is 17.3 Å². The van der Waals surface area contributed by atoms with E-state index in [0.29, 0.717) is 0 Å². The van der Waals surface area contributed by atoms with Crippen molar-refractivity contribution in [2.75, 3.05) is 13.1 Å². The van der Waals surface area contributed by atoms with Gasteiger partial charge in [0.15, 0.2) is 0 Å². The third-order valence-electron chi connectivity index (χ3n) is 1.72. The Hall–Kier alpha value is 0.280. The van der Waals surface area contributed by atoms with Crippen LogP contribution < -0.4 is 17.3 Å². The average molecular weight is 212 g/mol. The van der Waals surface area contributed by atoms with Gasteiger partial charge in [-0.2, -0.15) is 0 Å². The minimum absolute atomic E-state index is 0. The monoisotopic (exact) mass is 211 g/mol. The molecule has 0 rings (SSSR count). The van der Waals surface area contributed by atoms with Gasteiger partial charge in [-0.15, -0.1) is 11.6 Å². The van der Waals surface area contributed by atoms with Gasteiger partial charge in [0.1, 0.15) is 0 Å². The molecule has 1 N–H and O–H groups in total. The Morgan fingerprint density at radius 1 is 1.33 bits per heavy atom. The molecule has 0 aliphatic heterocycles. The molecule has 74 valence electrons. The van der Waals surface area contributed by atoms with E-state index in [4.69, 9.17) is 11.6 Å². The Balaban J connectivity index is 0. The standard InChI is InChI=1S/C9H18ClN.ClH/c1-4-11(5-2)8-6-7-9(3)10;/h6,8-9H,4-5,7H2,1-3H3;1H/b8-6+;. The average Bonchev–Trinajstić information content (AvgIpc) is 1.98. The zero-order valence-corrected chi connectivity index (χ0v) is 9.62. The lowest BCUT2D eigenvalue weighted by Gasteiger charge is -2.08. The SMILES string of the molecule is CC[NH+](/C=C/CC(C)Cl)CC.[Cl-]. The molecule has 1 atom stereocenters. The first-order chi connectivity index (χ1) is 5.20. The fourth-order valence-corrected chi connectivity index (χ4v) is 1.01. The first kappa shape index (κ1) is 14.8. The summed E-state index contributed by atoms with van der Waals surface area (Å²) in [7, 11) is 0. The first-order valence-electron chi connectivity index (χ1n) is 4.36. The van der Waals surface area contributed by atoms with Crippen molar-refractivity contribution in [1.29, 1.82) is 0 Å². The van der Waals surface area contributed by atoms with Crippen LogP contribution in [0, 0.1) is 0 Å². The second kappa shape index (κ2) is 9.37. The minimum Gasteiger partial charge on any atom is -1.00 e. The van der Waals surface area contributed by atoms with E-state index in [1.54, 1.807) is 0 Å². The highest BCUT2D eigenvalue weighted by atomic mass is 35.5. The molecule has 0 heterocycles. The fourth-order valence-electron chi connectivity index (χ4n) is 0.908. The maximum atomic E-state index is 5.79. The van der Waals surface area contributed by atoms with Gasteiger partial charge in [-0.1, -0.05) is 0 Å². The van der Waals surface area contributed by atoms with Crippen LogP contribution in [0.1, 0.15) is 27.2 Å². The number of allylic oxidation sites excluding steroid dienone is 1. The van der Waals surface area contributed by atoms with Gasteiger partial charge in [-0.25, -0.2) is 0 Å². The van der Waals surface area contributed by atoms with Crippen LogP contribution >= 0.6 is 11.6 Å². The third kappa shape index (κ3) is 8.38. The smallest absolute Gasteiger partial charge is 0.0902 e. The molecule has 0 saturated carbocycles. The van der Waals surface area contributed by atoms with E-state index >= 15 is 0 Å². The largest absolute Gasteiger partial charge is 1.00 e. The number of nitrogens with one attached hydrogen (secondary N) is 1. The van der Waals surface area contributed by atoms with Gasteiger partial charge in [-0.05, 0) is 33.3 Å². The van der Waals surface area contributed by atoms with Gasteiger partial charge in [0.05, 0.1) is 19.3 Å². The molecular weight excluding hydrogens is 193 g/mol. The molecule has 0 aliphatic rings. The van der Waals surface area contributed by atoms with Crippen LogP contribution in [0.2, 0.25) is 0 Å². The lowest BCUT2D eigenvalue weighted by Crippen LogP contribution is -3.06. The van der Waals surface area contributed by atoms with Crippen LogP contribution in [0.4, 0.5) is 0 Å². The molecule has 0 spiro atoms. The second-order valence-corrected chi connectivity index (χ2v) is 3.53. The number of quaternary nitrogens is 1. The fraction of sp³-hybridized carbons (Fsp3) is 0.778. The zero-order chi connectivity index (χ0) is 8.69. The van der Waals surface area contributed by atoms with E-state index < -0.39 is 0 Å². The summed E-state index contributed by atoms with van der Waals surface area (Å²) in [5.74, 6) is 0. The highest BCUT2D eigenvalue weighted by Gasteiger charge is 1.96. The van der Waals surface area contributed by atoms with Crippen LogP contribution in [0.15, 0.2) is 12.3 Å². The van der Waals surface area contributed by atoms with Gasteiger partial charge >= 0.3 is 0 Å². The van der Waals surface area contributed by atoms with Crippen LogP contribution in [0.5, 0.6) is 0 Å². The maximum absolute atomic E-state index is 5.79. The van der Waals surface area contributed by atoms with Crippen molar-refractivity contribution in [3.8, 4) is 0 Å². The summed E-state index contributed by atoms with van der Waals surface area (Å²) < 4.78 is 0. The van der Waals surface area contributed by atoms with Crippen molar-refractivity contribution in [1.82, 2.24) is 0 Å². The molecule has 0 fully saturated rings. The van der Waals surface area contributed by atoms with Gasteiger partial charge in [0.25, 0.3) is 0 Å². The minimum atomic E-state index is 0. The van der Waals surface area contributed by atoms with E-state index in [1.807, 2.05) is 6.92 Å². The lowest BCUT2D eigenvalue weighted by atomic mass is 10.3. The summed E-state index contributed by atoms with van der Waals surface area (Å²) in [6.45, 7) is 8.71. The predicted molar refractivity (Wildman–Crippen MR) is 51.1 cm³/mol. The molecule has 0 aromatic heterocycles. The highest BCUT2D eigenvalue weighted by Crippen LogP contribution is 1.98. The summed E-state index contributed by atoms with van der Waals surface area (Å²) in [6, 6.07) is 0. The quantitative estimate of drug-likeness (QED) is 0.526. The topological polar surface area (TPSA) is 4.44 Å². The molecule has 3 heteroatoms. The van der Waals surface area contributed by atoms with Crippen molar-refractivity contribution >= 4 is 11.6 Å². The second-order valence-electron chi connectivity index (χ2n) is 2.78. The molecule has 0 aliphatic carbocycles. The van der Waals surface area contributed by atoms with Gasteiger partial charge in [0.2, 0.25) is 0 Å². The lowest BCUT2D eigenvalue weighted by molar-refractivity contribution is -0.842. The van der Waals surface area contributed by atoms with Crippen LogP contribution in [0.3, 0.4) is 0 Å². The molecule has 0 saturated heterocycles. The maximum Gasteiger partial charge on any atom is 0.0902 e. The molecule has 0 radical (unpaired) electrons. The van der Waals surface area contributed by atoms with E-state index in [9.17, 15) is 0 Å². The number of rotatable bonds is 5. The van der Waals surface area contributed by atoms with Crippen molar-refractivity contribution in [2.24, 2.45) is 0 Å². The Morgan fingerprint density at radius 3 is 2.17 bits per heavy atom. The molecule has 0 aromatic carbocycles. The van der Waals surface area contributed by atoms with Gasteiger partial charge in [-0.3, -0.25) is 0 Å². The Bertz CT molecular complexity index is 109. The molecule has 0 amide bonds. The molecule has 12 heavy (non-hydrogen) atoms. The van der Waals surface area contributed by atoms with Gasteiger partial charge < -0.3 is 17.3 Å². The highest BCUT2D eigenvalue weighted by molar-refractivity contribution is 6.20. The van der Waals surface area contributed by atoms with Crippen molar-refractivity contribution in [2.45, 2.75) is 32.6 Å². The Labute approximate surface area is 87.2 Å². The van der Waals surface area contributed by atoms with Crippen molar-refractivity contribution in [3.63, 3.8) is 0 Å². The number of alkyl halides is 1. The molecule has 1 nitrogen and oxygen atoms in total. The summed E-state index contributed by atoms with van der Waals surface area (Å²) >= 11 is 5.79. The van der Waals surface area contributed by atoms with Crippen LogP contribution in [-0.4, -0.2) is 18.5 Å². The van der Waals surface area contributed by atoms with Crippen molar-refractivity contribution in [3.05, 3.63) is 12.3 Å². The summed E-state index contributed by atoms with van der Waals surface area (Å²) in [5, 5.41) is 0.265. The van der Waals surface area contributed by atoms with Crippen LogP contribution in [0.25, 0.3) is 0 Å². The van der Waals surface area contributed by atoms with E-state index in [2.05, 4.69) is 26.1 Å². The summed E-state index contributed by atoms with van der Waals surface area (Å²) in [4.78, 5) is 1.50. The number of hydrogen-bond donors (Lipinski definition) is 1. The molecule has 0 aromatic rings. The third-order valence-corrected chi connectivity index (χ3v) is 1.90. The van der Waals surface area contributed by atoms with E-state index in [-0.39, 0.29) is 17.8 Å². The number of hydrogen-bond acceptors (Lipinski definition) is 0. The Kier molecular flexibility index (Phi) is 11.5. The molecule has 1 unspecified atom stereocenters. The zero-order valence-electron chi connectivity index (χ0n) is 8.11.